The summed E-state index contributed by atoms with van der Waals surface area (Å²) in [5.41, 5.74) is 7.91. The van der Waals surface area contributed by atoms with E-state index in [1.165, 1.54) is 12.4 Å². The first-order valence-corrected chi connectivity index (χ1v) is 8.37. The highest BCUT2D eigenvalue weighted by atomic mass is 19.4. The predicted octanol–water partition coefficient (Wildman–Crippen LogP) is 4.23. The van der Waals surface area contributed by atoms with E-state index in [1.807, 2.05) is 6.07 Å². The molecule has 0 aliphatic heterocycles. The molecular weight excluding hydrogens is 369 g/mol. The van der Waals surface area contributed by atoms with Crippen molar-refractivity contribution in [2.75, 3.05) is 11.1 Å². The molecule has 4 rings (SSSR count). The van der Waals surface area contributed by atoms with Crippen LogP contribution in [0.5, 0.6) is 0 Å². The third kappa shape index (κ3) is 3.59. The number of aromatic nitrogens is 4. The fraction of sp³-hybridized carbons (Fsp3) is 0.105. The lowest BCUT2D eigenvalue weighted by molar-refractivity contribution is -0.137. The molecule has 0 radical (unpaired) electrons. The van der Waals surface area contributed by atoms with E-state index in [0.29, 0.717) is 39.6 Å². The van der Waals surface area contributed by atoms with E-state index in [2.05, 4.69) is 25.3 Å². The lowest BCUT2D eigenvalue weighted by Gasteiger charge is -2.11. The zero-order valence-corrected chi connectivity index (χ0v) is 14.5. The van der Waals surface area contributed by atoms with Gasteiger partial charge in [-0.1, -0.05) is 24.3 Å². The highest BCUT2D eigenvalue weighted by Crippen LogP contribution is 2.30. The van der Waals surface area contributed by atoms with E-state index < -0.39 is 11.7 Å². The van der Waals surface area contributed by atoms with Crippen molar-refractivity contribution < 1.29 is 13.2 Å². The molecule has 0 saturated heterocycles. The van der Waals surface area contributed by atoms with Gasteiger partial charge in [0.05, 0.1) is 11.9 Å². The number of halogens is 3. The van der Waals surface area contributed by atoms with Gasteiger partial charge < -0.3 is 16.0 Å². The highest BCUT2D eigenvalue weighted by Gasteiger charge is 2.30. The minimum atomic E-state index is -4.39. The second kappa shape index (κ2) is 6.84. The molecule has 2 heterocycles. The summed E-state index contributed by atoms with van der Waals surface area (Å²) in [6.45, 7) is 0.158. The van der Waals surface area contributed by atoms with Crippen LogP contribution in [-0.2, 0) is 12.7 Å². The summed E-state index contributed by atoms with van der Waals surface area (Å²) in [4.78, 5) is 16.0. The Kier molecular flexibility index (Phi) is 4.34. The molecule has 0 amide bonds. The number of alkyl halides is 3. The number of hydrogen-bond acceptors (Lipinski definition) is 5. The van der Waals surface area contributed by atoms with E-state index >= 15 is 0 Å². The Bertz CT molecular complexity index is 1140. The predicted molar refractivity (Wildman–Crippen MR) is 100 cm³/mol. The maximum absolute atomic E-state index is 12.9. The van der Waals surface area contributed by atoms with Crippen molar-refractivity contribution in [3.05, 3.63) is 66.0 Å². The van der Waals surface area contributed by atoms with Crippen LogP contribution in [0.1, 0.15) is 11.1 Å². The van der Waals surface area contributed by atoms with Gasteiger partial charge >= 0.3 is 6.18 Å². The first kappa shape index (κ1) is 17.8. The Labute approximate surface area is 157 Å². The summed E-state index contributed by atoms with van der Waals surface area (Å²) in [7, 11) is 0. The molecule has 4 N–H and O–H groups in total. The van der Waals surface area contributed by atoms with Gasteiger partial charge in [-0.2, -0.15) is 13.2 Å². The summed E-state index contributed by atoms with van der Waals surface area (Å²) in [6, 6.07) is 12.2. The third-order valence-electron chi connectivity index (χ3n) is 4.14. The number of nitrogens with one attached hydrogen (secondary N) is 2. The van der Waals surface area contributed by atoms with Crippen LogP contribution in [0.25, 0.3) is 22.6 Å². The number of nitrogens with zero attached hydrogens (tertiary/aromatic N) is 3. The monoisotopic (exact) mass is 384 g/mol. The number of nitrogen functional groups attached to an aromatic ring is 1. The number of hydrogen-bond donors (Lipinski definition) is 3. The van der Waals surface area contributed by atoms with Crippen molar-refractivity contribution in [3.63, 3.8) is 0 Å². The van der Waals surface area contributed by atoms with Gasteiger partial charge in [-0.25, -0.2) is 15.0 Å². The Morgan fingerprint density at radius 1 is 1.04 bits per heavy atom. The normalized spacial score (nSPS) is 11.7. The number of anilines is 2. The summed E-state index contributed by atoms with van der Waals surface area (Å²) in [5, 5.41) is 3.07. The minimum Gasteiger partial charge on any atom is -0.399 e. The lowest BCUT2D eigenvalue weighted by atomic mass is 10.1. The SMILES string of the molecule is Nc1cccc(-c2nc(NCc3cccc(C(F)(F)F)c3)c3[nH]cnc3n2)c1. The minimum absolute atomic E-state index is 0.158. The van der Waals surface area contributed by atoms with Crippen LogP contribution in [0.15, 0.2) is 54.9 Å². The molecule has 2 aromatic heterocycles. The second-order valence-corrected chi connectivity index (χ2v) is 6.17. The molecule has 0 aliphatic rings. The van der Waals surface area contributed by atoms with Crippen molar-refractivity contribution in [3.8, 4) is 11.4 Å². The molecule has 9 heteroatoms. The Hall–Kier alpha value is -3.62. The summed E-state index contributed by atoms with van der Waals surface area (Å²) >= 11 is 0. The van der Waals surface area contributed by atoms with E-state index in [0.717, 1.165) is 12.1 Å². The van der Waals surface area contributed by atoms with E-state index in [4.69, 9.17) is 5.73 Å². The standard InChI is InChI=1S/C19H15F3N6/c20-19(21,22)13-5-1-3-11(7-13)9-24-17-15-18(26-10-25-15)28-16(27-17)12-4-2-6-14(23)8-12/h1-8,10H,9,23H2,(H2,24,25,26,27,28). The topological polar surface area (TPSA) is 92.5 Å². The highest BCUT2D eigenvalue weighted by molar-refractivity contribution is 5.84. The molecule has 0 spiro atoms. The first-order chi connectivity index (χ1) is 13.4. The fourth-order valence-corrected chi connectivity index (χ4v) is 2.81. The molecule has 0 saturated carbocycles. The molecule has 4 aromatic rings. The molecule has 142 valence electrons. The molecule has 2 aromatic carbocycles. The maximum atomic E-state index is 12.9. The van der Waals surface area contributed by atoms with Crippen LogP contribution < -0.4 is 11.1 Å². The Balaban J connectivity index is 1.66. The van der Waals surface area contributed by atoms with Gasteiger partial charge in [-0.3, -0.25) is 0 Å². The molecule has 0 bridgehead atoms. The zero-order chi connectivity index (χ0) is 19.7. The summed E-state index contributed by atoms with van der Waals surface area (Å²) in [6.07, 6.45) is -2.90. The first-order valence-electron chi connectivity index (χ1n) is 8.37. The van der Waals surface area contributed by atoms with Crippen LogP contribution in [0.2, 0.25) is 0 Å². The number of nitrogens with two attached hydrogens (primary N) is 1. The van der Waals surface area contributed by atoms with Crippen molar-refractivity contribution in [1.29, 1.82) is 0 Å². The average Bonchev–Trinajstić information content (AvgIpc) is 3.14. The molecular formula is C19H15F3N6. The lowest BCUT2D eigenvalue weighted by Crippen LogP contribution is -2.08. The van der Waals surface area contributed by atoms with Crippen molar-refractivity contribution in [2.45, 2.75) is 12.7 Å². The third-order valence-corrected chi connectivity index (χ3v) is 4.14. The van der Waals surface area contributed by atoms with Gasteiger partial charge in [0, 0.05) is 17.8 Å². The van der Waals surface area contributed by atoms with Gasteiger partial charge in [0.15, 0.2) is 17.3 Å². The average molecular weight is 384 g/mol. The van der Waals surface area contributed by atoms with Crippen LogP contribution in [0.4, 0.5) is 24.7 Å². The maximum Gasteiger partial charge on any atom is 0.416 e. The van der Waals surface area contributed by atoms with E-state index in [1.54, 1.807) is 24.3 Å². The van der Waals surface area contributed by atoms with Crippen LogP contribution in [-0.4, -0.2) is 19.9 Å². The number of rotatable bonds is 4. The largest absolute Gasteiger partial charge is 0.416 e. The van der Waals surface area contributed by atoms with Gasteiger partial charge in [0.2, 0.25) is 0 Å². The van der Waals surface area contributed by atoms with Gasteiger partial charge in [-0.05, 0) is 29.8 Å². The number of aromatic amines is 1. The summed E-state index contributed by atoms with van der Waals surface area (Å²) < 4.78 is 38.7. The molecule has 0 unspecified atom stereocenters. The number of H-pyrrole nitrogens is 1. The smallest absolute Gasteiger partial charge is 0.399 e. The van der Waals surface area contributed by atoms with E-state index in [9.17, 15) is 13.2 Å². The number of fused-ring (bicyclic) bond motifs is 1. The van der Waals surface area contributed by atoms with Crippen LogP contribution >= 0.6 is 0 Å². The number of benzene rings is 2. The molecule has 0 aliphatic carbocycles. The Morgan fingerprint density at radius 2 is 1.86 bits per heavy atom. The van der Waals surface area contributed by atoms with E-state index in [-0.39, 0.29) is 6.54 Å². The molecule has 0 atom stereocenters. The van der Waals surface area contributed by atoms with Crippen LogP contribution in [0, 0.1) is 0 Å². The van der Waals surface area contributed by atoms with Gasteiger partial charge in [0.25, 0.3) is 0 Å². The van der Waals surface area contributed by atoms with Crippen molar-refractivity contribution >= 4 is 22.7 Å². The zero-order valence-electron chi connectivity index (χ0n) is 14.5. The second-order valence-electron chi connectivity index (χ2n) is 6.17. The Morgan fingerprint density at radius 3 is 2.64 bits per heavy atom. The number of imidazole rings is 1. The quantitative estimate of drug-likeness (QED) is 0.458. The van der Waals surface area contributed by atoms with Crippen molar-refractivity contribution in [2.24, 2.45) is 0 Å². The van der Waals surface area contributed by atoms with Crippen LogP contribution in [0.3, 0.4) is 0 Å². The fourth-order valence-electron chi connectivity index (χ4n) is 2.81. The van der Waals surface area contributed by atoms with Gasteiger partial charge in [-0.15, -0.1) is 0 Å². The van der Waals surface area contributed by atoms with Crippen molar-refractivity contribution in [1.82, 2.24) is 19.9 Å². The summed E-state index contributed by atoms with van der Waals surface area (Å²) in [5.74, 6) is 0.857. The molecule has 6 nitrogen and oxygen atoms in total. The molecule has 28 heavy (non-hydrogen) atoms. The molecule has 0 fully saturated rings. The van der Waals surface area contributed by atoms with Gasteiger partial charge in [0.1, 0.15) is 5.52 Å².